The van der Waals surface area contributed by atoms with Crippen LogP contribution in [0.3, 0.4) is 0 Å². The minimum absolute atomic E-state index is 0.0141. The van der Waals surface area contributed by atoms with Crippen LogP contribution in [0.4, 0.5) is 4.79 Å². The van der Waals surface area contributed by atoms with Crippen LogP contribution in [0.2, 0.25) is 0 Å². The summed E-state index contributed by atoms with van der Waals surface area (Å²) in [5.41, 5.74) is 5.79. The van der Waals surface area contributed by atoms with Crippen LogP contribution in [0.25, 0.3) is 0 Å². The molecule has 0 aliphatic carbocycles. The molecule has 8 heteroatoms. The molecule has 2 rings (SSSR count). The quantitative estimate of drug-likeness (QED) is 0.716. The van der Waals surface area contributed by atoms with E-state index in [1.807, 2.05) is 18.2 Å². The Hall–Kier alpha value is -2.61. The molecule has 1 aliphatic rings. The molecule has 29 heavy (non-hydrogen) atoms. The lowest BCUT2D eigenvalue weighted by atomic mass is 10.1. The van der Waals surface area contributed by atoms with Gasteiger partial charge < -0.3 is 20.7 Å². The Morgan fingerprint density at radius 2 is 1.72 bits per heavy atom. The smallest absolute Gasteiger partial charge is 0.408 e. The van der Waals surface area contributed by atoms with E-state index in [9.17, 15) is 14.4 Å². The van der Waals surface area contributed by atoms with E-state index in [1.54, 1.807) is 25.7 Å². The number of ether oxygens (including phenoxy) is 1. The van der Waals surface area contributed by atoms with E-state index in [-0.39, 0.29) is 18.7 Å². The van der Waals surface area contributed by atoms with Crippen LogP contribution in [-0.2, 0) is 20.9 Å². The zero-order valence-electron chi connectivity index (χ0n) is 17.5. The number of benzene rings is 1. The third-order valence-corrected chi connectivity index (χ3v) is 4.60. The number of hydrogen-bond acceptors (Lipinski definition) is 5. The first-order valence-electron chi connectivity index (χ1n) is 9.97. The normalized spacial score (nSPS) is 16.2. The maximum atomic E-state index is 13.0. The van der Waals surface area contributed by atoms with Gasteiger partial charge in [0, 0.05) is 39.1 Å². The van der Waals surface area contributed by atoms with Crippen molar-refractivity contribution in [3.8, 4) is 0 Å². The molecule has 0 bridgehead atoms. The molecule has 8 nitrogen and oxygen atoms in total. The number of rotatable bonds is 7. The van der Waals surface area contributed by atoms with Gasteiger partial charge in [-0.3, -0.25) is 14.5 Å². The van der Waals surface area contributed by atoms with Crippen LogP contribution < -0.4 is 11.1 Å². The molecule has 160 valence electrons. The van der Waals surface area contributed by atoms with Crippen molar-refractivity contribution in [3.63, 3.8) is 0 Å². The molecule has 0 spiro atoms. The first-order chi connectivity index (χ1) is 13.6. The Morgan fingerprint density at radius 3 is 2.28 bits per heavy atom. The highest BCUT2D eigenvalue weighted by Crippen LogP contribution is 2.12. The standard InChI is InChI=1S/C21H32N4O4/c1-21(2,3)29-20(28)23-17(9-10-18(22)26)19(27)25-13-11-24(12-14-25)15-16-7-5-4-6-8-16/h4-8,17H,9-15H2,1-3H3,(H2,22,26)(H,23,28)/t17-/m0/s1. The molecule has 0 radical (unpaired) electrons. The second kappa shape index (κ2) is 10.2. The number of hydrogen-bond donors (Lipinski definition) is 2. The maximum Gasteiger partial charge on any atom is 0.408 e. The lowest BCUT2D eigenvalue weighted by molar-refractivity contribution is -0.135. The van der Waals surface area contributed by atoms with E-state index in [0.717, 1.165) is 19.6 Å². The summed E-state index contributed by atoms with van der Waals surface area (Å²) >= 11 is 0. The number of nitrogens with one attached hydrogen (secondary N) is 1. The highest BCUT2D eigenvalue weighted by Gasteiger charge is 2.30. The predicted octanol–water partition coefficient (Wildman–Crippen LogP) is 1.49. The molecule has 3 amide bonds. The Kier molecular flexibility index (Phi) is 8.01. The number of alkyl carbamates (subject to hydrolysis) is 1. The number of carbonyl (C=O) groups is 3. The van der Waals surface area contributed by atoms with Gasteiger partial charge in [0.05, 0.1) is 0 Å². The molecular weight excluding hydrogens is 372 g/mol. The van der Waals surface area contributed by atoms with Crippen LogP contribution in [-0.4, -0.2) is 65.5 Å². The van der Waals surface area contributed by atoms with E-state index < -0.39 is 23.6 Å². The van der Waals surface area contributed by atoms with Crippen molar-refractivity contribution in [1.82, 2.24) is 15.1 Å². The Labute approximate surface area is 172 Å². The molecule has 1 heterocycles. The molecule has 1 aliphatic heterocycles. The minimum Gasteiger partial charge on any atom is -0.444 e. The lowest BCUT2D eigenvalue weighted by Gasteiger charge is -2.36. The van der Waals surface area contributed by atoms with E-state index in [0.29, 0.717) is 13.1 Å². The molecule has 1 atom stereocenters. The second-order valence-corrected chi connectivity index (χ2v) is 8.29. The van der Waals surface area contributed by atoms with E-state index in [1.165, 1.54) is 5.56 Å². The summed E-state index contributed by atoms with van der Waals surface area (Å²) in [4.78, 5) is 40.3. The molecule has 0 unspecified atom stereocenters. The van der Waals surface area contributed by atoms with Gasteiger partial charge in [0.15, 0.2) is 0 Å². The summed E-state index contributed by atoms with van der Waals surface area (Å²) in [6.45, 7) is 8.70. The number of nitrogens with zero attached hydrogens (tertiary/aromatic N) is 2. The van der Waals surface area contributed by atoms with Crippen molar-refractivity contribution in [2.45, 2.75) is 51.8 Å². The molecular formula is C21H32N4O4. The first-order valence-corrected chi connectivity index (χ1v) is 9.97. The van der Waals surface area contributed by atoms with Crippen LogP contribution in [0.5, 0.6) is 0 Å². The van der Waals surface area contributed by atoms with Gasteiger partial charge in [-0.1, -0.05) is 30.3 Å². The molecule has 1 aromatic carbocycles. The van der Waals surface area contributed by atoms with Gasteiger partial charge in [-0.15, -0.1) is 0 Å². The van der Waals surface area contributed by atoms with Gasteiger partial charge in [-0.2, -0.15) is 0 Å². The van der Waals surface area contributed by atoms with Gasteiger partial charge in [-0.25, -0.2) is 4.79 Å². The summed E-state index contributed by atoms with van der Waals surface area (Å²) in [6, 6.07) is 9.36. The molecule has 0 saturated carbocycles. The number of primary amides is 1. The number of amides is 3. The van der Waals surface area contributed by atoms with Crippen molar-refractivity contribution < 1.29 is 19.1 Å². The van der Waals surface area contributed by atoms with Crippen molar-refractivity contribution in [3.05, 3.63) is 35.9 Å². The second-order valence-electron chi connectivity index (χ2n) is 8.29. The topological polar surface area (TPSA) is 105 Å². The van der Waals surface area contributed by atoms with Gasteiger partial charge in [0.2, 0.25) is 11.8 Å². The zero-order valence-corrected chi connectivity index (χ0v) is 17.5. The predicted molar refractivity (Wildman–Crippen MR) is 110 cm³/mol. The van der Waals surface area contributed by atoms with Gasteiger partial charge in [0.25, 0.3) is 0 Å². The maximum absolute atomic E-state index is 13.0. The van der Waals surface area contributed by atoms with Crippen molar-refractivity contribution in [2.24, 2.45) is 5.73 Å². The summed E-state index contributed by atoms with van der Waals surface area (Å²) in [5.74, 6) is -0.724. The van der Waals surface area contributed by atoms with E-state index in [2.05, 4.69) is 22.3 Å². The Morgan fingerprint density at radius 1 is 1.10 bits per heavy atom. The molecule has 1 saturated heterocycles. The number of carbonyl (C=O) groups excluding carboxylic acids is 3. The number of piperazine rings is 1. The third kappa shape index (κ3) is 8.11. The molecule has 3 N–H and O–H groups in total. The lowest BCUT2D eigenvalue weighted by Crippen LogP contribution is -2.55. The SMILES string of the molecule is CC(C)(C)OC(=O)N[C@@H](CCC(N)=O)C(=O)N1CCN(Cc2ccccc2)CC1. The van der Waals surface area contributed by atoms with E-state index in [4.69, 9.17) is 10.5 Å². The summed E-state index contributed by atoms with van der Waals surface area (Å²) < 4.78 is 5.25. The fourth-order valence-electron chi connectivity index (χ4n) is 3.18. The molecule has 1 aromatic rings. The zero-order chi connectivity index (χ0) is 21.4. The largest absolute Gasteiger partial charge is 0.444 e. The minimum atomic E-state index is -0.835. The van der Waals surface area contributed by atoms with Crippen molar-refractivity contribution in [1.29, 1.82) is 0 Å². The molecule has 1 fully saturated rings. The fourth-order valence-corrected chi connectivity index (χ4v) is 3.18. The summed E-state index contributed by atoms with van der Waals surface area (Å²) in [5, 5.41) is 2.60. The third-order valence-electron chi connectivity index (χ3n) is 4.60. The van der Waals surface area contributed by atoms with Crippen LogP contribution >= 0.6 is 0 Å². The van der Waals surface area contributed by atoms with Gasteiger partial charge in [0.1, 0.15) is 11.6 Å². The summed E-state index contributed by atoms with van der Waals surface area (Å²) in [6.07, 6.45) is -0.513. The van der Waals surface area contributed by atoms with Crippen molar-refractivity contribution in [2.75, 3.05) is 26.2 Å². The molecule has 0 aromatic heterocycles. The average Bonchev–Trinajstić information content (AvgIpc) is 2.64. The monoisotopic (exact) mass is 404 g/mol. The average molecular weight is 405 g/mol. The van der Waals surface area contributed by atoms with Gasteiger partial charge >= 0.3 is 6.09 Å². The first kappa shape index (κ1) is 22.7. The van der Waals surface area contributed by atoms with Crippen molar-refractivity contribution >= 4 is 17.9 Å². The van der Waals surface area contributed by atoms with Gasteiger partial charge in [-0.05, 0) is 32.8 Å². The van der Waals surface area contributed by atoms with Crippen LogP contribution in [0.1, 0.15) is 39.2 Å². The van der Waals surface area contributed by atoms with E-state index >= 15 is 0 Å². The Bertz CT molecular complexity index is 694. The fraction of sp³-hybridized carbons (Fsp3) is 0.571. The van der Waals surface area contributed by atoms with Crippen LogP contribution in [0, 0.1) is 0 Å². The van der Waals surface area contributed by atoms with Crippen LogP contribution in [0.15, 0.2) is 30.3 Å². The number of nitrogens with two attached hydrogens (primary N) is 1. The highest BCUT2D eigenvalue weighted by molar-refractivity contribution is 5.86. The highest BCUT2D eigenvalue weighted by atomic mass is 16.6. The Balaban J connectivity index is 1.92. The summed E-state index contributed by atoms with van der Waals surface area (Å²) in [7, 11) is 0.